The van der Waals surface area contributed by atoms with E-state index in [1.165, 1.54) is 19.1 Å². The van der Waals surface area contributed by atoms with Crippen molar-refractivity contribution < 1.29 is 9.18 Å². The Balaban J connectivity index is 2.97. The van der Waals surface area contributed by atoms with Crippen molar-refractivity contribution in [3.05, 3.63) is 29.6 Å². The molecule has 1 rings (SSSR count). The van der Waals surface area contributed by atoms with E-state index in [0.29, 0.717) is 4.90 Å². The molecule has 0 saturated carbocycles. The Kier molecular flexibility index (Phi) is 2.87. The highest BCUT2D eigenvalue weighted by Crippen LogP contribution is 2.23. The van der Waals surface area contributed by atoms with Gasteiger partial charge in [0.05, 0.1) is 0 Å². The van der Waals surface area contributed by atoms with E-state index in [1.807, 2.05) is 6.92 Å². The molecular formula is C9H9FOS. The van der Waals surface area contributed by atoms with Crippen LogP contribution in [0.5, 0.6) is 0 Å². The van der Waals surface area contributed by atoms with Crippen molar-refractivity contribution in [2.45, 2.75) is 18.7 Å². The molecule has 0 aromatic heterocycles. The monoisotopic (exact) mass is 184 g/mol. The summed E-state index contributed by atoms with van der Waals surface area (Å²) in [7, 11) is 0. The predicted molar refractivity (Wildman–Crippen MR) is 47.7 cm³/mol. The lowest BCUT2D eigenvalue weighted by atomic mass is 10.2. The fraction of sp³-hybridized carbons (Fsp3) is 0.222. The molecule has 0 unspecified atom stereocenters. The van der Waals surface area contributed by atoms with Gasteiger partial charge in [-0.05, 0) is 24.6 Å². The summed E-state index contributed by atoms with van der Waals surface area (Å²) in [5.74, 6) is -0.302. The molecule has 0 saturated heterocycles. The van der Waals surface area contributed by atoms with Gasteiger partial charge in [0.1, 0.15) is 5.82 Å². The summed E-state index contributed by atoms with van der Waals surface area (Å²) in [5.41, 5.74) is 0.927. The molecule has 0 amide bonds. The Morgan fingerprint density at radius 3 is 2.75 bits per heavy atom. The van der Waals surface area contributed by atoms with Crippen LogP contribution in [-0.4, -0.2) is 5.12 Å². The van der Waals surface area contributed by atoms with E-state index in [-0.39, 0.29) is 10.9 Å². The van der Waals surface area contributed by atoms with E-state index in [1.54, 1.807) is 6.07 Å². The van der Waals surface area contributed by atoms with Gasteiger partial charge in [0.25, 0.3) is 0 Å². The fourth-order valence-corrected chi connectivity index (χ4v) is 1.55. The van der Waals surface area contributed by atoms with Crippen LogP contribution >= 0.6 is 11.8 Å². The lowest BCUT2D eigenvalue weighted by molar-refractivity contribution is -0.109. The van der Waals surface area contributed by atoms with Crippen LogP contribution in [0.2, 0.25) is 0 Å². The first-order valence-corrected chi connectivity index (χ1v) is 4.36. The standard InChI is InChI=1S/C9H9FOS/c1-6-3-4-8(10)5-9(6)12-7(2)11/h3-5H,1-2H3. The molecule has 3 heteroatoms. The van der Waals surface area contributed by atoms with Crippen LogP contribution in [0.1, 0.15) is 12.5 Å². The number of carbonyl (C=O) groups is 1. The van der Waals surface area contributed by atoms with E-state index in [9.17, 15) is 9.18 Å². The molecule has 0 spiro atoms. The van der Waals surface area contributed by atoms with Crippen molar-refractivity contribution in [1.82, 2.24) is 0 Å². The number of thioether (sulfide) groups is 1. The molecule has 64 valence electrons. The quantitative estimate of drug-likeness (QED) is 0.624. The molecular weight excluding hydrogens is 175 g/mol. The van der Waals surface area contributed by atoms with Gasteiger partial charge < -0.3 is 0 Å². The van der Waals surface area contributed by atoms with Gasteiger partial charge in [0, 0.05) is 11.8 Å². The second-order valence-corrected chi connectivity index (χ2v) is 3.72. The van der Waals surface area contributed by atoms with Crippen molar-refractivity contribution in [2.24, 2.45) is 0 Å². The number of rotatable bonds is 1. The van der Waals surface area contributed by atoms with Gasteiger partial charge in [0.2, 0.25) is 0 Å². The Labute approximate surface area is 75.0 Å². The van der Waals surface area contributed by atoms with Crippen molar-refractivity contribution in [3.63, 3.8) is 0 Å². The van der Waals surface area contributed by atoms with E-state index in [0.717, 1.165) is 17.3 Å². The number of halogens is 1. The molecule has 1 aromatic carbocycles. The molecule has 0 bridgehead atoms. The van der Waals surface area contributed by atoms with Crippen LogP contribution in [0.4, 0.5) is 4.39 Å². The van der Waals surface area contributed by atoms with Crippen LogP contribution in [0.3, 0.4) is 0 Å². The first-order chi connectivity index (χ1) is 5.59. The highest BCUT2D eigenvalue weighted by atomic mass is 32.2. The Morgan fingerprint density at radius 2 is 2.17 bits per heavy atom. The van der Waals surface area contributed by atoms with E-state index in [4.69, 9.17) is 0 Å². The molecule has 0 aliphatic heterocycles. The normalized spacial score (nSPS) is 9.92. The highest BCUT2D eigenvalue weighted by molar-refractivity contribution is 8.13. The number of hydrogen-bond donors (Lipinski definition) is 0. The zero-order valence-corrected chi connectivity index (χ0v) is 7.74. The van der Waals surface area contributed by atoms with Gasteiger partial charge >= 0.3 is 0 Å². The van der Waals surface area contributed by atoms with Crippen LogP contribution < -0.4 is 0 Å². The third kappa shape index (κ3) is 2.34. The van der Waals surface area contributed by atoms with Crippen LogP contribution in [0, 0.1) is 12.7 Å². The minimum Gasteiger partial charge on any atom is -0.287 e. The molecule has 0 N–H and O–H groups in total. The molecule has 0 atom stereocenters. The second kappa shape index (κ2) is 3.72. The summed E-state index contributed by atoms with van der Waals surface area (Å²) in [5, 5.41) is -0.0244. The maximum atomic E-state index is 12.7. The van der Waals surface area contributed by atoms with Crippen LogP contribution in [0.25, 0.3) is 0 Å². The van der Waals surface area contributed by atoms with E-state index >= 15 is 0 Å². The average Bonchev–Trinajstić information content (AvgIpc) is 1.96. The summed E-state index contributed by atoms with van der Waals surface area (Å²) in [6.07, 6.45) is 0. The van der Waals surface area contributed by atoms with Crippen LogP contribution in [-0.2, 0) is 4.79 Å². The minimum atomic E-state index is -0.302. The summed E-state index contributed by atoms with van der Waals surface area (Å²) >= 11 is 1.06. The summed E-state index contributed by atoms with van der Waals surface area (Å²) in [6, 6.07) is 4.43. The topological polar surface area (TPSA) is 17.1 Å². The SMILES string of the molecule is CC(=O)Sc1cc(F)ccc1C. The Morgan fingerprint density at radius 1 is 1.50 bits per heavy atom. The largest absolute Gasteiger partial charge is 0.287 e. The van der Waals surface area contributed by atoms with Gasteiger partial charge in [-0.1, -0.05) is 17.8 Å². The number of hydrogen-bond acceptors (Lipinski definition) is 2. The maximum Gasteiger partial charge on any atom is 0.190 e. The summed E-state index contributed by atoms with van der Waals surface area (Å²) in [4.78, 5) is 11.4. The number of benzene rings is 1. The molecule has 0 radical (unpaired) electrons. The van der Waals surface area contributed by atoms with Crippen molar-refractivity contribution in [1.29, 1.82) is 0 Å². The highest BCUT2D eigenvalue weighted by Gasteiger charge is 2.03. The zero-order valence-electron chi connectivity index (χ0n) is 6.93. The Hall–Kier alpha value is -0.830. The molecule has 0 heterocycles. The predicted octanol–water partition coefficient (Wildman–Crippen LogP) is 2.77. The fourth-order valence-electron chi connectivity index (χ4n) is 0.839. The van der Waals surface area contributed by atoms with Crippen LogP contribution in [0.15, 0.2) is 23.1 Å². The first kappa shape index (κ1) is 9.26. The second-order valence-electron chi connectivity index (χ2n) is 2.50. The Bertz CT molecular complexity index is 309. The summed E-state index contributed by atoms with van der Waals surface area (Å²) < 4.78 is 12.7. The smallest absolute Gasteiger partial charge is 0.190 e. The maximum absolute atomic E-state index is 12.7. The van der Waals surface area contributed by atoms with Crippen molar-refractivity contribution >= 4 is 16.9 Å². The lowest BCUT2D eigenvalue weighted by Gasteiger charge is -2.01. The van der Waals surface area contributed by atoms with Gasteiger partial charge in [-0.15, -0.1) is 0 Å². The minimum absolute atomic E-state index is 0.0244. The molecule has 0 fully saturated rings. The third-order valence-electron chi connectivity index (χ3n) is 1.40. The number of aryl methyl sites for hydroxylation is 1. The van der Waals surface area contributed by atoms with Crippen molar-refractivity contribution in [2.75, 3.05) is 0 Å². The lowest BCUT2D eigenvalue weighted by Crippen LogP contribution is -1.86. The molecule has 1 nitrogen and oxygen atoms in total. The van der Waals surface area contributed by atoms with Gasteiger partial charge in [-0.2, -0.15) is 0 Å². The van der Waals surface area contributed by atoms with E-state index < -0.39 is 0 Å². The van der Waals surface area contributed by atoms with Gasteiger partial charge in [-0.3, -0.25) is 4.79 Å². The zero-order chi connectivity index (χ0) is 9.14. The van der Waals surface area contributed by atoms with Crippen molar-refractivity contribution in [3.8, 4) is 0 Å². The van der Waals surface area contributed by atoms with E-state index in [2.05, 4.69) is 0 Å². The third-order valence-corrected chi connectivity index (χ3v) is 2.35. The number of carbonyl (C=O) groups excluding carboxylic acids is 1. The van der Waals surface area contributed by atoms with Gasteiger partial charge in [0.15, 0.2) is 5.12 Å². The molecule has 0 aliphatic carbocycles. The first-order valence-electron chi connectivity index (χ1n) is 3.54. The molecule has 1 aromatic rings. The molecule has 0 aliphatic rings. The van der Waals surface area contributed by atoms with Gasteiger partial charge in [-0.25, -0.2) is 4.39 Å². The molecule has 12 heavy (non-hydrogen) atoms. The average molecular weight is 184 g/mol. The summed E-state index contributed by atoms with van der Waals surface area (Å²) in [6.45, 7) is 3.32.